The minimum absolute atomic E-state index is 0.804. The Balaban J connectivity index is 3.40. The van der Waals surface area contributed by atoms with Crippen molar-refractivity contribution in [2.45, 2.75) is 0 Å². The Hall–Kier alpha value is 1.08. The highest BCUT2D eigenvalue weighted by molar-refractivity contribution is 14.1. The lowest BCUT2D eigenvalue weighted by Gasteiger charge is -2.01. The maximum Gasteiger partial charge on any atom is 0.152 e. The van der Waals surface area contributed by atoms with Gasteiger partial charge in [0.15, 0.2) is 6.29 Å². The van der Waals surface area contributed by atoms with Crippen molar-refractivity contribution in [2.75, 3.05) is 0 Å². The summed E-state index contributed by atoms with van der Waals surface area (Å²) in [6, 6.07) is 3.96. The molecule has 0 aliphatic heterocycles. The Kier molecular flexibility index (Phi) is 4.02. The van der Waals surface area contributed by atoms with Crippen LogP contribution < -0.4 is 0 Å². The summed E-state index contributed by atoms with van der Waals surface area (Å²) in [5, 5.41) is 0. The number of carbonyl (C=O) groups excluding carboxylic acids is 1. The molecule has 0 unspecified atom stereocenters. The number of halogens is 3. The fourth-order valence-electron chi connectivity index (χ4n) is 0.651. The molecule has 0 atom stereocenters. The lowest BCUT2D eigenvalue weighted by Crippen LogP contribution is -1.93. The number of rotatable bonds is 1. The molecule has 0 N–H and O–H groups in total. The highest BCUT2D eigenvalue weighted by atomic mass is 127. The van der Waals surface area contributed by atoms with Gasteiger partial charge in [0.25, 0.3) is 0 Å². The van der Waals surface area contributed by atoms with Gasteiger partial charge in [-0.05, 0) is 79.9 Å². The average molecular weight is 484 g/mol. The largest absolute Gasteiger partial charge is 0.298 e. The van der Waals surface area contributed by atoms with E-state index >= 15 is 0 Å². The Morgan fingerprint density at radius 1 is 1.09 bits per heavy atom. The Bertz CT molecular complexity index is 296. The minimum Gasteiger partial charge on any atom is -0.298 e. The van der Waals surface area contributed by atoms with E-state index in [1.807, 2.05) is 12.1 Å². The highest BCUT2D eigenvalue weighted by Gasteiger charge is 2.05. The van der Waals surface area contributed by atoms with E-state index in [1.165, 1.54) is 0 Å². The van der Waals surface area contributed by atoms with E-state index in [2.05, 4.69) is 67.8 Å². The van der Waals surface area contributed by atoms with Gasteiger partial charge in [-0.3, -0.25) is 4.79 Å². The molecule has 0 heterocycles. The molecule has 0 spiro atoms. The van der Waals surface area contributed by atoms with Crippen LogP contribution in [-0.2, 0) is 0 Å². The van der Waals surface area contributed by atoms with Crippen LogP contribution in [0.25, 0.3) is 0 Å². The molecule has 0 radical (unpaired) electrons. The van der Waals surface area contributed by atoms with Gasteiger partial charge in [0, 0.05) is 16.3 Å². The molecule has 0 saturated heterocycles. The molecule has 11 heavy (non-hydrogen) atoms. The summed E-state index contributed by atoms with van der Waals surface area (Å²) >= 11 is 6.57. The zero-order valence-electron chi connectivity index (χ0n) is 5.27. The van der Waals surface area contributed by atoms with Crippen LogP contribution in [-0.4, -0.2) is 6.29 Å². The van der Waals surface area contributed by atoms with Crippen molar-refractivity contribution in [2.24, 2.45) is 0 Å². The zero-order valence-corrected chi connectivity index (χ0v) is 11.7. The maximum absolute atomic E-state index is 10.6. The molecule has 0 saturated carbocycles. The van der Waals surface area contributed by atoms with Gasteiger partial charge in [-0.25, -0.2) is 0 Å². The molecule has 1 nitrogen and oxygen atoms in total. The quantitative estimate of drug-likeness (QED) is 0.340. The summed E-state index contributed by atoms with van der Waals surface area (Å²) in [6.45, 7) is 0. The Morgan fingerprint density at radius 2 is 1.64 bits per heavy atom. The Labute approximate surface area is 106 Å². The van der Waals surface area contributed by atoms with Gasteiger partial charge >= 0.3 is 0 Å². The number of hydrogen-bond donors (Lipinski definition) is 0. The summed E-state index contributed by atoms with van der Waals surface area (Å²) in [6.07, 6.45) is 0.908. The number of carbonyl (C=O) groups is 1. The zero-order chi connectivity index (χ0) is 8.43. The number of aldehydes is 1. The molecular formula is C7H3I3O. The third-order valence-corrected chi connectivity index (χ3v) is 5.23. The van der Waals surface area contributed by atoms with Gasteiger partial charge < -0.3 is 0 Å². The second-order valence-corrected chi connectivity index (χ2v) is 5.28. The molecule has 0 aromatic heterocycles. The predicted molar refractivity (Wildman–Crippen MR) is 70.0 cm³/mol. The van der Waals surface area contributed by atoms with E-state index < -0.39 is 0 Å². The molecule has 0 bridgehead atoms. The fraction of sp³-hybridized carbons (Fsp3) is 0. The van der Waals surface area contributed by atoms with Crippen molar-refractivity contribution in [1.82, 2.24) is 0 Å². The highest BCUT2D eigenvalue weighted by Crippen LogP contribution is 2.22. The smallest absolute Gasteiger partial charge is 0.152 e. The summed E-state index contributed by atoms with van der Waals surface area (Å²) < 4.78 is 3.19. The van der Waals surface area contributed by atoms with E-state index in [4.69, 9.17) is 0 Å². The molecule has 0 aliphatic rings. The summed E-state index contributed by atoms with van der Waals surface area (Å²) in [7, 11) is 0. The number of benzene rings is 1. The average Bonchev–Trinajstić information content (AvgIpc) is 1.99. The van der Waals surface area contributed by atoms with E-state index in [0.717, 1.165) is 22.6 Å². The Morgan fingerprint density at radius 3 is 2.09 bits per heavy atom. The van der Waals surface area contributed by atoms with Gasteiger partial charge in [-0.1, -0.05) is 0 Å². The van der Waals surface area contributed by atoms with Gasteiger partial charge in [0.05, 0.1) is 0 Å². The van der Waals surface area contributed by atoms with Crippen LogP contribution >= 0.6 is 67.8 Å². The summed E-state index contributed by atoms with van der Waals surface area (Å²) in [5.74, 6) is 0. The molecule has 1 rings (SSSR count). The molecule has 0 amide bonds. The minimum atomic E-state index is 0.804. The van der Waals surface area contributed by atoms with Gasteiger partial charge in [0.2, 0.25) is 0 Å². The van der Waals surface area contributed by atoms with Crippen molar-refractivity contribution in [1.29, 1.82) is 0 Å². The monoisotopic (exact) mass is 484 g/mol. The van der Waals surface area contributed by atoms with Crippen LogP contribution in [0.5, 0.6) is 0 Å². The van der Waals surface area contributed by atoms with E-state index in [0.29, 0.717) is 0 Å². The second-order valence-electron chi connectivity index (χ2n) is 1.87. The first-order chi connectivity index (χ1) is 5.16. The lowest BCUT2D eigenvalue weighted by atomic mass is 10.2. The lowest BCUT2D eigenvalue weighted by molar-refractivity contribution is 0.112. The molecule has 0 aliphatic carbocycles. The first-order valence-corrected chi connectivity index (χ1v) is 5.99. The van der Waals surface area contributed by atoms with Gasteiger partial charge in [0.1, 0.15) is 0 Å². The first-order valence-electron chi connectivity index (χ1n) is 2.75. The standard InChI is InChI=1S/C7H3I3O/c8-5-1-2-6(9)7(10)4(5)3-11/h1-3H. The third kappa shape index (κ3) is 2.27. The summed E-state index contributed by atoms with van der Waals surface area (Å²) in [5.41, 5.74) is 0.804. The molecule has 0 fully saturated rings. The predicted octanol–water partition coefficient (Wildman–Crippen LogP) is 3.31. The maximum atomic E-state index is 10.6. The summed E-state index contributed by atoms with van der Waals surface area (Å²) in [4.78, 5) is 10.6. The first kappa shape index (κ1) is 10.2. The van der Waals surface area contributed by atoms with E-state index in [1.54, 1.807) is 0 Å². The second kappa shape index (κ2) is 4.35. The van der Waals surface area contributed by atoms with E-state index in [9.17, 15) is 4.79 Å². The van der Waals surface area contributed by atoms with Crippen molar-refractivity contribution in [3.8, 4) is 0 Å². The van der Waals surface area contributed by atoms with Crippen molar-refractivity contribution in [3.05, 3.63) is 28.4 Å². The van der Waals surface area contributed by atoms with Crippen molar-refractivity contribution in [3.63, 3.8) is 0 Å². The number of hydrogen-bond acceptors (Lipinski definition) is 1. The van der Waals surface area contributed by atoms with Crippen LogP contribution in [0, 0.1) is 10.7 Å². The van der Waals surface area contributed by atoms with E-state index in [-0.39, 0.29) is 0 Å². The molecular weight excluding hydrogens is 481 g/mol. The third-order valence-electron chi connectivity index (χ3n) is 1.20. The SMILES string of the molecule is O=Cc1c(I)ccc(I)c1I. The van der Waals surface area contributed by atoms with Crippen molar-refractivity contribution < 1.29 is 4.79 Å². The van der Waals surface area contributed by atoms with Crippen molar-refractivity contribution >= 4 is 74.1 Å². The topological polar surface area (TPSA) is 17.1 Å². The molecule has 1 aromatic rings. The van der Waals surface area contributed by atoms with Gasteiger partial charge in [-0.2, -0.15) is 0 Å². The van der Waals surface area contributed by atoms with Crippen LogP contribution in [0.15, 0.2) is 12.1 Å². The van der Waals surface area contributed by atoms with Crippen LogP contribution in [0.3, 0.4) is 0 Å². The van der Waals surface area contributed by atoms with Gasteiger partial charge in [-0.15, -0.1) is 0 Å². The molecule has 4 heteroatoms. The van der Waals surface area contributed by atoms with Crippen LogP contribution in [0.2, 0.25) is 0 Å². The van der Waals surface area contributed by atoms with Crippen LogP contribution in [0.4, 0.5) is 0 Å². The fourth-order valence-corrected chi connectivity index (χ4v) is 2.81. The normalized spacial score (nSPS) is 9.73. The van der Waals surface area contributed by atoms with Crippen LogP contribution in [0.1, 0.15) is 10.4 Å². The molecule has 58 valence electrons. The molecule has 1 aromatic carbocycles.